The molecule has 0 atom stereocenters. The molecular formula is C30H29N6O. The number of nitrogens with one attached hydrogen (secondary N) is 3. The number of aromatic nitrogens is 3. The maximum absolute atomic E-state index is 12.7. The van der Waals surface area contributed by atoms with Gasteiger partial charge in [-0.25, -0.2) is 4.98 Å². The number of anilines is 3. The summed E-state index contributed by atoms with van der Waals surface area (Å²) >= 11 is 0. The Balaban J connectivity index is 1.35. The molecule has 2 aromatic heterocycles. The standard InChI is InChI=1S/C30H29N6O/c1-21(2)26-20-33-36-28(32-18-22-10-5-3-6-11-22)17-27(35-29(26)36)31-19-23-12-9-13-24(16-23)30(37)34-25-14-7-4-8-15-25/h3,5-17,20-21,32H,18-19H2,1-2H3,(H,31,35)(H,34,37). The Hall–Kier alpha value is -4.65. The lowest BCUT2D eigenvalue weighted by atomic mass is 10.1. The SMILES string of the molecule is CC(C)c1cnn2c(NCc3ccccc3)cc(NCc3cccc(C(=O)Nc4cc[c]cc4)c3)nc12. The highest BCUT2D eigenvalue weighted by Crippen LogP contribution is 2.25. The minimum atomic E-state index is -0.152. The summed E-state index contributed by atoms with van der Waals surface area (Å²) in [7, 11) is 0. The van der Waals surface area contributed by atoms with Crippen LogP contribution in [0.2, 0.25) is 0 Å². The van der Waals surface area contributed by atoms with Crippen molar-refractivity contribution in [1.29, 1.82) is 0 Å². The number of carbonyl (C=O) groups excluding carboxylic acids is 1. The number of amides is 1. The van der Waals surface area contributed by atoms with E-state index in [0.29, 0.717) is 24.6 Å². The fourth-order valence-corrected chi connectivity index (χ4v) is 4.08. The first-order valence-electron chi connectivity index (χ1n) is 12.3. The van der Waals surface area contributed by atoms with Crippen molar-refractivity contribution in [3.63, 3.8) is 0 Å². The van der Waals surface area contributed by atoms with Crippen molar-refractivity contribution in [2.24, 2.45) is 0 Å². The summed E-state index contributed by atoms with van der Waals surface area (Å²) in [6, 6.07) is 29.9. The molecule has 5 rings (SSSR count). The molecule has 1 radical (unpaired) electrons. The molecule has 0 aliphatic rings. The highest BCUT2D eigenvalue weighted by molar-refractivity contribution is 6.04. The van der Waals surface area contributed by atoms with Gasteiger partial charge in [0, 0.05) is 36.0 Å². The molecule has 1 amide bonds. The number of fused-ring (bicyclic) bond motifs is 1. The van der Waals surface area contributed by atoms with Gasteiger partial charge < -0.3 is 16.0 Å². The molecule has 3 aromatic carbocycles. The van der Waals surface area contributed by atoms with Crippen LogP contribution in [-0.4, -0.2) is 20.5 Å². The number of carbonyl (C=O) groups is 1. The molecule has 0 bridgehead atoms. The molecule has 3 N–H and O–H groups in total. The Morgan fingerprint density at radius 1 is 0.919 bits per heavy atom. The van der Waals surface area contributed by atoms with E-state index in [4.69, 9.17) is 4.98 Å². The quantitative estimate of drug-likeness (QED) is 0.232. The van der Waals surface area contributed by atoms with Crippen LogP contribution in [0.3, 0.4) is 0 Å². The van der Waals surface area contributed by atoms with Crippen LogP contribution >= 0.6 is 0 Å². The van der Waals surface area contributed by atoms with Crippen LogP contribution in [-0.2, 0) is 13.1 Å². The van der Waals surface area contributed by atoms with E-state index < -0.39 is 0 Å². The normalized spacial score (nSPS) is 11.0. The van der Waals surface area contributed by atoms with Gasteiger partial charge in [-0.3, -0.25) is 4.79 Å². The molecule has 7 heteroatoms. The second kappa shape index (κ2) is 11.0. The first-order chi connectivity index (χ1) is 18.1. The maximum atomic E-state index is 12.7. The predicted molar refractivity (Wildman–Crippen MR) is 148 cm³/mol. The van der Waals surface area contributed by atoms with Gasteiger partial charge in [-0.1, -0.05) is 68.4 Å². The van der Waals surface area contributed by atoms with Crippen molar-refractivity contribution in [3.8, 4) is 0 Å². The molecule has 0 unspecified atom stereocenters. The van der Waals surface area contributed by atoms with E-state index in [1.165, 1.54) is 5.56 Å². The third-order valence-corrected chi connectivity index (χ3v) is 6.08. The average molecular weight is 490 g/mol. The zero-order chi connectivity index (χ0) is 25.6. The molecule has 0 fully saturated rings. The van der Waals surface area contributed by atoms with Crippen LogP contribution in [0.4, 0.5) is 17.3 Å². The van der Waals surface area contributed by atoms with E-state index in [-0.39, 0.29) is 5.91 Å². The molecule has 0 aliphatic heterocycles. The summed E-state index contributed by atoms with van der Waals surface area (Å²) in [5, 5.41) is 14.5. The van der Waals surface area contributed by atoms with Crippen molar-refractivity contribution in [2.75, 3.05) is 16.0 Å². The molecule has 5 aromatic rings. The van der Waals surface area contributed by atoms with Crippen LogP contribution < -0.4 is 16.0 Å². The molecule has 37 heavy (non-hydrogen) atoms. The van der Waals surface area contributed by atoms with Gasteiger partial charge in [0.15, 0.2) is 5.65 Å². The minimum absolute atomic E-state index is 0.152. The highest BCUT2D eigenvalue weighted by atomic mass is 16.1. The van der Waals surface area contributed by atoms with Gasteiger partial charge in [-0.15, -0.1) is 0 Å². The summed E-state index contributed by atoms with van der Waals surface area (Å²) < 4.78 is 1.86. The van der Waals surface area contributed by atoms with Gasteiger partial charge in [0.2, 0.25) is 0 Å². The number of hydrogen-bond donors (Lipinski definition) is 3. The van der Waals surface area contributed by atoms with Crippen molar-refractivity contribution >= 4 is 28.9 Å². The number of hydrogen-bond acceptors (Lipinski definition) is 5. The molecule has 0 saturated heterocycles. The van der Waals surface area contributed by atoms with Crippen LogP contribution in [0.15, 0.2) is 91.1 Å². The molecule has 7 nitrogen and oxygen atoms in total. The number of rotatable bonds is 9. The fraction of sp³-hybridized carbons (Fsp3) is 0.167. The van der Waals surface area contributed by atoms with Gasteiger partial charge in [0.25, 0.3) is 5.91 Å². The zero-order valence-electron chi connectivity index (χ0n) is 20.9. The first-order valence-corrected chi connectivity index (χ1v) is 12.3. The second-order valence-electron chi connectivity index (χ2n) is 9.15. The second-order valence-corrected chi connectivity index (χ2v) is 9.15. The van der Waals surface area contributed by atoms with Crippen LogP contribution in [0.1, 0.15) is 46.8 Å². The topological polar surface area (TPSA) is 83.3 Å². The van der Waals surface area contributed by atoms with Crippen LogP contribution in [0.5, 0.6) is 0 Å². The van der Waals surface area contributed by atoms with Gasteiger partial charge in [0.1, 0.15) is 11.6 Å². The van der Waals surface area contributed by atoms with Crippen molar-refractivity contribution in [1.82, 2.24) is 14.6 Å². The molecule has 0 saturated carbocycles. The first kappa shape index (κ1) is 24.1. The lowest BCUT2D eigenvalue weighted by Crippen LogP contribution is -2.13. The minimum Gasteiger partial charge on any atom is -0.366 e. The van der Waals surface area contributed by atoms with Gasteiger partial charge in [0.05, 0.1) is 6.20 Å². The van der Waals surface area contributed by atoms with Gasteiger partial charge in [-0.05, 0) is 47.4 Å². The summed E-state index contributed by atoms with van der Waals surface area (Å²) in [5.41, 5.74) is 5.40. The van der Waals surface area contributed by atoms with Gasteiger partial charge >= 0.3 is 0 Å². The smallest absolute Gasteiger partial charge is 0.255 e. The zero-order valence-corrected chi connectivity index (χ0v) is 20.9. The highest BCUT2D eigenvalue weighted by Gasteiger charge is 2.14. The lowest BCUT2D eigenvalue weighted by molar-refractivity contribution is 0.102. The van der Waals surface area contributed by atoms with Crippen molar-refractivity contribution in [3.05, 3.63) is 119 Å². The summed E-state index contributed by atoms with van der Waals surface area (Å²) in [4.78, 5) is 17.6. The molecule has 0 spiro atoms. The van der Waals surface area contributed by atoms with E-state index in [0.717, 1.165) is 34.1 Å². The Kier molecular flexibility index (Phi) is 7.12. The predicted octanol–water partition coefficient (Wildman–Crippen LogP) is 6.13. The maximum Gasteiger partial charge on any atom is 0.255 e. The lowest BCUT2D eigenvalue weighted by Gasteiger charge is -2.13. The van der Waals surface area contributed by atoms with Gasteiger partial charge in [-0.2, -0.15) is 9.61 Å². The fourth-order valence-electron chi connectivity index (χ4n) is 4.08. The third kappa shape index (κ3) is 5.78. The van der Waals surface area contributed by atoms with Crippen LogP contribution in [0, 0.1) is 6.07 Å². The Morgan fingerprint density at radius 2 is 1.68 bits per heavy atom. The molecule has 185 valence electrons. The van der Waals surface area contributed by atoms with E-state index in [1.807, 2.05) is 71.4 Å². The van der Waals surface area contributed by atoms with E-state index >= 15 is 0 Å². The average Bonchev–Trinajstić information content (AvgIpc) is 3.36. The molecule has 2 heterocycles. The van der Waals surface area contributed by atoms with E-state index in [2.05, 4.69) is 53.1 Å². The largest absolute Gasteiger partial charge is 0.366 e. The Labute approximate surface area is 216 Å². The monoisotopic (exact) mass is 489 g/mol. The number of nitrogens with zero attached hydrogens (tertiary/aromatic N) is 3. The summed E-state index contributed by atoms with van der Waals surface area (Å²) in [5.74, 6) is 1.73. The molecule has 0 aliphatic carbocycles. The number of benzene rings is 3. The van der Waals surface area contributed by atoms with Crippen LogP contribution in [0.25, 0.3) is 5.65 Å². The Bertz CT molecular complexity index is 1500. The summed E-state index contributed by atoms with van der Waals surface area (Å²) in [6.45, 7) is 5.47. The summed E-state index contributed by atoms with van der Waals surface area (Å²) in [6.07, 6.45) is 1.89. The molecular weight excluding hydrogens is 460 g/mol. The Morgan fingerprint density at radius 3 is 2.46 bits per heavy atom. The van der Waals surface area contributed by atoms with E-state index in [1.54, 1.807) is 12.1 Å². The third-order valence-electron chi connectivity index (χ3n) is 6.08. The van der Waals surface area contributed by atoms with Crippen molar-refractivity contribution < 1.29 is 4.79 Å². The van der Waals surface area contributed by atoms with E-state index in [9.17, 15) is 4.79 Å². The van der Waals surface area contributed by atoms with Crippen molar-refractivity contribution in [2.45, 2.75) is 32.9 Å².